The first-order chi connectivity index (χ1) is 8.11. The molecule has 1 N–H and O–H groups in total. The molecule has 4 heteroatoms. The zero-order valence-electron chi connectivity index (χ0n) is 9.42. The summed E-state index contributed by atoms with van der Waals surface area (Å²) in [5.74, 6) is 4.93. The van der Waals surface area contributed by atoms with Gasteiger partial charge in [0.05, 0.1) is 0 Å². The first-order valence-electron chi connectivity index (χ1n) is 5.11. The van der Waals surface area contributed by atoms with Crippen molar-refractivity contribution in [3.63, 3.8) is 0 Å². The lowest BCUT2D eigenvalue weighted by Gasteiger charge is -1.96. The number of nitrogens with one attached hydrogen (secondary N) is 1. The monoisotopic (exact) mass is 233 g/mol. The van der Waals surface area contributed by atoms with Gasteiger partial charge in [0, 0.05) is 31.0 Å². The van der Waals surface area contributed by atoms with Gasteiger partial charge in [0.2, 0.25) is 5.91 Å². The molecule has 0 atom stereocenters. The molecule has 1 aromatic carbocycles. The summed E-state index contributed by atoms with van der Waals surface area (Å²) in [6, 6.07) is 3.93. The molecular weight excluding hydrogens is 221 g/mol. The lowest BCUT2D eigenvalue weighted by Crippen LogP contribution is -2.20. The van der Waals surface area contributed by atoms with Gasteiger partial charge in [0.25, 0.3) is 0 Å². The van der Waals surface area contributed by atoms with Crippen molar-refractivity contribution >= 4 is 12.2 Å². The molecule has 0 spiro atoms. The molecule has 0 bridgehead atoms. The second kappa shape index (κ2) is 6.44. The van der Waals surface area contributed by atoms with Crippen LogP contribution in [0.4, 0.5) is 4.39 Å². The Morgan fingerprint density at radius 2 is 2.24 bits per heavy atom. The zero-order valence-corrected chi connectivity index (χ0v) is 9.42. The van der Waals surface area contributed by atoms with E-state index in [9.17, 15) is 14.0 Å². The third kappa shape index (κ3) is 4.94. The van der Waals surface area contributed by atoms with Crippen molar-refractivity contribution in [2.45, 2.75) is 13.3 Å². The van der Waals surface area contributed by atoms with E-state index >= 15 is 0 Å². The van der Waals surface area contributed by atoms with E-state index < -0.39 is 5.82 Å². The second-order valence-corrected chi connectivity index (χ2v) is 3.43. The van der Waals surface area contributed by atoms with Gasteiger partial charge in [-0.1, -0.05) is 11.8 Å². The summed E-state index contributed by atoms with van der Waals surface area (Å²) in [4.78, 5) is 21.1. The summed E-state index contributed by atoms with van der Waals surface area (Å²) >= 11 is 0. The highest BCUT2D eigenvalue weighted by Gasteiger charge is 1.97. The summed E-state index contributed by atoms with van der Waals surface area (Å²) in [5, 5.41) is 2.59. The number of benzene rings is 1. The van der Waals surface area contributed by atoms with Gasteiger partial charge < -0.3 is 5.32 Å². The molecule has 0 unspecified atom stereocenters. The number of hydrogen-bond acceptors (Lipinski definition) is 2. The molecule has 1 rings (SSSR count). The second-order valence-electron chi connectivity index (χ2n) is 3.43. The van der Waals surface area contributed by atoms with Crippen molar-refractivity contribution in [3.05, 3.63) is 35.1 Å². The predicted octanol–water partition coefficient (Wildman–Crippen LogP) is 1.52. The van der Waals surface area contributed by atoms with E-state index in [1.165, 1.54) is 19.1 Å². The highest BCUT2D eigenvalue weighted by atomic mass is 19.1. The Bertz CT molecular complexity index is 486. The Hall–Kier alpha value is -2.15. The maximum atomic E-state index is 13.0. The number of rotatable bonds is 3. The van der Waals surface area contributed by atoms with Gasteiger partial charge in [-0.15, -0.1) is 0 Å². The van der Waals surface area contributed by atoms with E-state index in [1.54, 1.807) is 0 Å². The molecule has 0 aliphatic heterocycles. The number of carbonyl (C=O) groups excluding carboxylic acids is 2. The van der Waals surface area contributed by atoms with E-state index in [2.05, 4.69) is 17.2 Å². The van der Waals surface area contributed by atoms with Crippen LogP contribution in [0, 0.1) is 17.7 Å². The molecule has 0 aliphatic carbocycles. The Labute approximate surface area is 99.0 Å². The average Bonchev–Trinajstić information content (AvgIpc) is 2.27. The standard InChI is InChI=1S/C13H12FNO2/c1-10(17)15-5-3-2-4-11-6-12(9-16)8-13(14)7-11/h6-9H,3,5H2,1H3,(H,15,17). The van der Waals surface area contributed by atoms with Gasteiger partial charge in [-0.05, 0) is 18.2 Å². The van der Waals surface area contributed by atoms with Crippen LogP contribution in [0.3, 0.4) is 0 Å². The summed E-state index contributed by atoms with van der Waals surface area (Å²) in [6.07, 6.45) is 1.05. The van der Waals surface area contributed by atoms with Crippen LogP contribution < -0.4 is 5.32 Å². The van der Waals surface area contributed by atoms with E-state index in [4.69, 9.17) is 0 Å². The van der Waals surface area contributed by atoms with Gasteiger partial charge in [-0.25, -0.2) is 4.39 Å². The lowest BCUT2D eigenvalue weighted by atomic mass is 10.1. The molecule has 0 aromatic heterocycles. The first-order valence-corrected chi connectivity index (χ1v) is 5.11. The van der Waals surface area contributed by atoms with Crippen molar-refractivity contribution in [1.82, 2.24) is 5.32 Å². The first kappa shape index (κ1) is 12.9. The molecule has 88 valence electrons. The van der Waals surface area contributed by atoms with Crippen LogP contribution in [0.2, 0.25) is 0 Å². The van der Waals surface area contributed by atoms with E-state index in [1.807, 2.05) is 0 Å². The van der Waals surface area contributed by atoms with Crippen LogP contribution >= 0.6 is 0 Å². The van der Waals surface area contributed by atoms with Crippen LogP contribution in [0.1, 0.15) is 29.3 Å². The minimum atomic E-state index is -0.485. The molecule has 1 aromatic rings. The highest BCUT2D eigenvalue weighted by Crippen LogP contribution is 2.06. The maximum absolute atomic E-state index is 13.0. The summed E-state index contributed by atoms with van der Waals surface area (Å²) in [7, 11) is 0. The Morgan fingerprint density at radius 3 is 2.88 bits per heavy atom. The third-order valence-corrected chi connectivity index (χ3v) is 1.91. The molecule has 0 fully saturated rings. The van der Waals surface area contributed by atoms with Crippen LogP contribution in [-0.4, -0.2) is 18.7 Å². The topological polar surface area (TPSA) is 46.2 Å². The molecule has 1 amide bonds. The number of aldehydes is 1. The number of amides is 1. The molecular formula is C13H12FNO2. The molecule has 0 radical (unpaired) electrons. The highest BCUT2D eigenvalue weighted by molar-refractivity contribution is 5.75. The molecule has 0 heterocycles. The molecule has 0 saturated carbocycles. The van der Waals surface area contributed by atoms with Crippen molar-refractivity contribution in [2.24, 2.45) is 0 Å². The molecule has 0 saturated heterocycles. The molecule has 17 heavy (non-hydrogen) atoms. The molecule has 3 nitrogen and oxygen atoms in total. The number of carbonyl (C=O) groups is 2. The lowest BCUT2D eigenvalue weighted by molar-refractivity contribution is -0.118. The SMILES string of the molecule is CC(=O)NCCC#Cc1cc(F)cc(C=O)c1. The van der Waals surface area contributed by atoms with E-state index in [-0.39, 0.29) is 11.5 Å². The van der Waals surface area contributed by atoms with Gasteiger partial charge in [-0.2, -0.15) is 0 Å². The van der Waals surface area contributed by atoms with Crippen LogP contribution in [-0.2, 0) is 4.79 Å². The van der Waals surface area contributed by atoms with E-state index in [0.717, 1.165) is 6.07 Å². The van der Waals surface area contributed by atoms with Crippen molar-refractivity contribution in [1.29, 1.82) is 0 Å². The predicted molar refractivity (Wildman–Crippen MR) is 62.0 cm³/mol. The van der Waals surface area contributed by atoms with Crippen LogP contribution in [0.5, 0.6) is 0 Å². The average molecular weight is 233 g/mol. The fourth-order valence-electron chi connectivity index (χ4n) is 1.22. The largest absolute Gasteiger partial charge is 0.355 e. The zero-order chi connectivity index (χ0) is 12.7. The van der Waals surface area contributed by atoms with E-state index in [0.29, 0.717) is 24.8 Å². The maximum Gasteiger partial charge on any atom is 0.216 e. The minimum absolute atomic E-state index is 0.110. The Morgan fingerprint density at radius 1 is 1.47 bits per heavy atom. The smallest absolute Gasteiger partial charge is 0.216 e. The van der Waals surface area contributed by atoms with Crippen molar-refractivity contribution < 1.29 is 14.0 Å². The fraction of sp³-hybridized carbons (Fsp3) is 0.231. The summed E-state index contributed by atoms with van der Waals surface area (Å²) < 4.78 is 13.0. The van der Waals surface area contributed by atoms with Crippen LogP contribution in [0.15, 0.2) is 18.2 Å². The Kier molecular flexibility index (Phi) is 4.89. The Balaban J connectivity index is 2.62. The number of hydrogen-bond donors (Lipinski definition) is 1. The quantitative estimate of drug-likeness (QED) is 0.488. The minimum Gasteiger partial charge on any atom is -0.355 e. The normalized spacial score (nSPS) is 9.06. The van der Waals surface area contributed by atoms with Crippen LogP contribution in [0.25, 0.3) is 0 Å². The summed E-state index contributed by atoms with van der Waals surface area (Å²) in [5.41, 5.74) is 0.714. The number of halogens is 1. The van der Waals surface area contributed by atoms with Crippen molar-refractivity contribution in [3.8, 4) is 11.8 Å². The van der Waals surface area contributed by atoms with Crippen molar-refractivity contribution in [2.75, 3.05) is 6.54 Å². The van der Waals surface area contributed by atoms with Gasteiger partial charge in [-0.3, -0.25) is 9.59 Å². The van der Waals surface area contributed by atoms with Gasteiger partial charge in [0.1, 0.15) is 12.1 Å². The third-order valence-electron chi connectivity index (χ3n) is 1.91. The van der Waals surface area contributed by atoms with Gasteiger partial charge in [0.15, 0.2) is 0 Å². The summed E-state index contributed by atoms with van der Waals surface area (Å²) in [6.45, 7) is 1.88. The molecule has 0 aliphatic rings. The van der Waals surface area contributed by atoms with Gasteiger partial charge >= 0.3 is 0 Å². The fourth-order valence-corrected chi connectivity index (χ4v) is 1.22.